The molecule has 0 bridgehead atoms. The van der Waals surface area contributed by atoms with Crippen LogP contribution in [0.1, 0.15) is 6.42 Å². The molecule has 3 heteroatoms. The van der Waals surface area contributed by atoms with Crippen molar-refractivity contribution in [2.45, 2.75) is 18.8 Å². The molecule has 0 aliphatic carbocycles. The summed E-state index contributed by atoms with van der Waals surface area (Å²) in [4.78, 5) is 0. The second-order valence-electron chi connectivity index (χ2n) is 2.44. The van der Waals surface area contributed by atoms with Crippen LogP contribution >= 0.6 is 0 Å². The Hall–Kier alpha value is -0.120. The zero-order valence-corrected chi connectivity index (χ0v) is 5.30. The fourth-order valence-corrected chi connectivity index (χ4v) is 1.36. The molecule has 0 aromatic rings. The van der Waals surface area contributed by atoms with Gasteiger partial charge in [-0.1, -0.05) is 0 Å². The minimum atomic E-state index is 0.193. The van der Waals surface area contributed by atoms with Gasteiger partial charge >= 0.3 is 0 Å². The molecule has 0 aromatic heterocycles. The Morgan fingerprint density at radius 3 is 3.00 bits per heavy atom. The van der Waals surface area contributed by atoms with E-state index in [0.29, 0.717) is 6.10 Å². The van der Waals surface area contributed by atoms with Crippen molar-refractivity contribution in [3.63, 3.8) is 0 Å². The van der Waals surface area contributed by atoms with E-state index in [1.165, 1.54) is 0 Å². The van der Waals surface area contributed by atoms with Crippen molar-refractivity contribution in [2.24, 2.45) is 0 Å². The quantitative estimate of drug-likeness (QED) is 0.488. The number of nitrogens with one attached hydrogen (secondary N) is 1. The molecule has 2 saturated heterocycles. The molecule has 0 radical (unpaired) electrons. The minimum Gasteiger partial charge on any atom is -0.372 e. The summed E-state index contributed by atoms with van der Waals surface area (Å²) in [6, 6.07) is 0. The maximum atomic E-state index is 5.41. The zero-order valence-electron chi connectivity index (χ0n) is 5.30. The van der Waals surface area contributed by atoms with E-state index in [9.17, 15) is 0 Å². The molecule has 2 fully saturated rings. The van der Waals surface area contributed by atoms with Gasteiger partial charge in [0.2, 0.25) is 0 Å². The van der Waals surface area contributed by atoms with Crippen molar-refractivity contribution in [3.05, 3.63) is 0 Å². The molecule has 0 aromatic carbocycles. The van der Waals surface area contributed by atoms with Gasteiger partial charge in [-0.05, 0) is 6.42 Å². The second kappa shape index (κ2) is 2.25. The van der Waals surface area contributed by atoms with Gasteiger partial charge in [0.05, 0.1) is 19.3 Å². The maximum absolute atomic E-state index is 5.41. The highest BCUT2D eigenvalue weighted by molar-refractivity contribution is 4.79. The Morgan fingerprint density at radius 1 is 1.22 bits per heavy atom. The van der Waals surface area contributed by atoms with Crippen molar-refractivity contribution < 1.29 is 9.47 Å². The third kappa shape index (κ3) is 0.956. The lowest BCUT2D eigenvalue weighted by molar-refractivity contribution is -0.131. The summed E-state index contributed by atoms with van der Waals surface area (Å²) in [7, 11) is 0. The summed E-state index contributed by atoms with van der Waals surface area (Å²) in [5.74, 6) is 0. The number of rotatable bonds is 0. The predicted molar refractivity (Wildman–Crippen MR) is 32.1 cm³/mol. The Labute approximate surface area is 54.3 Å². The Balaban J connectivity index is 1.97. The van der Waals surface area contributed by atoms with Crippen LogP contribution in [0.15, 0.2) is 0 Å². The van der Waals surface area contributed by atoms with Gasteiger partial charge in [0, 0.05) is 6.54 Å². The van der Waals surface area contributed by atoms with Crippen LogP contribution in [-0.2, 0) is 9.47 Å². The highest BCUT2D eigenvalue weighted by Gasteiger charge is 2.30. The molecule has 2 atom stereocenters. The van der Waals surface area contributed by atoms with E-state index in [4.69, 9.17) is 9.47 Å². The Bertz CT molecular complexity index is 95.2. The molecule has 2 heterocycles. The molecule has 0 amide bonds. The van der Waals surface area contributed by atoms with Crippen LogP contribution in [0.2, 0.25) is 0 Å². The van der Waals surface area contributed by atoms with E-state index in [-0.39, 0.29) is 6.23 Å². The molecule has 52 valence electrons. The monoisotopic (exact) mass is 129 g/mol. The minimum absolute atomic E-state index is 0.193. The van der Waals surface area contributed by atoms with Gasteiger partial charge in [-0.2, -0.15) is 0 Å². The van der Waals surface area contributed by atoms with E-state index in [1.54, 1.807) is 0 Å². The van der Waals surface area contributed by atoms with Crippen molar-refractivity contribution in [2.75, 3.05) is 19.8 Å². The van der Waals surface area contributed by atoms with Crippen LogP contribution in [0.25, 0.3) is 0 Å². The topological polar surface area (TPSA) is 30.5 Å². The average molecular weight is 129 g/mol. The zero-order chi connectivity index (χ0) is 6.10. The fourth-order valence-electron chi connectivity index (χ4n) is 1.36. The molecular formula is C6H11NO2. The van der Waals surface area contributed by atoms with Gasteiger partial charge in [0.25, 0.3) is 0 Å². The Kier molecular flexibility index (Phi) is 1.41. The molecule has 2 aliphatic heterocycles. The van der Waals surface area contributed by atoms with Gasteiger partial charge in [0.15, 0.2) is 0 Å². The lowest BCUT2D eigenvalue weighted by atomic mass is 10.3. The second-order valence-corrected chi connectivity index (χ2v) is 2.44. The largest absolute Gasteiger partial charge is 0.372 e. The molecule has 3 nitrogen and oxygen atoms in total. The molecule has 9 heavy (non-hydrogen) atoms. The maximum Gasteiger partial charge on any atom is 0.134 e. The molecule has 2 aliphatic rings. The lowest BCUT2D eigenvalue weighted by Gasteiger charge is -2.25. The van der Waals surface area contributed by atoms with Crippen molar-refractivity contribution in [1.82, 2.24) is 5.32 Å². The van der Waals surface area contributed by atoms with Crippen LogP contribution < -0.4 is 5.32 Å². The number of hydrogen-bond acceptors (Lipinski definition) is 3. The lowest BCUT2D eigenvalue weighted by Crippen LogP contribution is -2.40. The summed E-state index contributed by atoms with van der Waals surface area (Å²) >= 11 is 0. The van der Waals surface area contributed by atoms with Gasteiger partial charge < -0.3 is 9.47 Å². The highest BCUT2D eigenvalue weighted by atomic mass is 16.6. The predicted octanol–water partition coefficient (Wildman–Crippen LogP) is -0.279. The molecule has 1 N–H and O–H groups in total. The summed E-state index contributed by atoms with van der Waals surface area (Å²) in [5, 5.41) is 3.21. The third-order valence-electron chi connectivity index (χ3n) is 1.82. The summed E-state index contributed by atoms with van der Waals surface area (Å²) in [6.07, 6.45) is 1.63. The molecule has 2 unspecified atom stereocenters. The van der Waals surface area contributed by atoms with Crippen LogP contribution in [0.4, 0.5) is 0 Å². The van der Waals surface area contributed by atoms with E-state index in [2.05, 4.69) is 5.32 Å². The van der Waals surface area contributed by atoms with Crippen LogP contribution in [-0.4, -0.2) is 32.1 Å². The van der Waals surface area contributed by atoms with Crippen molar-refractivity contribution >= 4 is 0 Å². The van der Waals surface area contributed by atoms with Crippen LogP contribution in [0.3, 0.4) is 0 Å². The van der Waals surface area contributed by atoms with Gasteiger partial charge in [-0.15, -0.1) is 0 Å². The number of hydrogen-bond donors (Lipinski definition) is 1. The fraction of sp³-hybridized carbons (Fsp3) is 1.00. The first-order valence-electron chi connectivity index (χ1n) is 3.43. The first kappa shape index (κ1) is 5.65. The molecule has 0 saturated carbocycles. The third-order valence-corrected chi connectivity index (χ3v) is 1.82. The van der Waals surface area contributed by atoms with E-state index in [1.807, 2.05) is 0 Å². The van der Waals surface area contributed by atoms with Gasteiger partial charge in [-0.3, -0.25) is 5.32 Å². The first-order chi connectivity index (χ1) is 4.47. The van der Waals surface area contributed by atoms with E-state index < -0.39 is 0 Å². The van der Waals surface area contributed by atoms with Crippen LogP contribution in [0, 0.1) is 0 Å². The highest BCUT2D eigenvalue weighted by Crippen LogP contribution is 2.15. The summed E-state index contributed by atoms with van der Waals surface area (Å²) in [5.41, 5.74) is 0. The molecule has 0 spiro atoms. The molecule has 2 rings (SSSR count). The van der Waals surface area contributed by atoms with Crippen molar-refractivity contribution in [3.8, 4) is 0 Å². The summed E-state index contributed by atoms with van der Waals surface area (Å²) < 4.78 is 10.8. The standard InChI is InChI=1S/C6H11NO2/c1-2-7-6-5(1)8-3-4-9-6/h5-7H,1-4H2. The average Bonchev–Trinajstić information content (AvgIpc) is 2.33. The smallest absolute Gasteiger partial charge is 0.134 e. The summed E-state index contributed by atoms with van der Waals surface area (Å²) in [6.45, 7) is 2.55. The van der Waals surface area contributed by atoms with E-state index in [0.717, 1.165) is 26.2 Å². The van der Waals surface area contributed by atoms with E-state index >= 15 is 0 Å². The number of fused-ring (bicyclic) bond motifs is 1. The van der Waals surface area contributed by atoms with Gasteiger partial charge in [0.1, 0.15) is 6.23 Å². The first-order valence-corrected chi connectivity index (χ1v) is 3.43. The normalized spacial score (nSPS) is 42.7. The SMILES string of the molecule is C1CC2OCCOC2N1. The van der Waals surface area contributed by atoms with Gasteiger partial charge in [-0.25, -0.2) is 0 Å². The van der Waals surface area contributed by atoms with Crippen LogP contribution in [0.5, 0.6) is 0 Å². The Morgan fingerprint density at radius 2 is 2.11 bits per heavy atom. The molecular weight excluding hydrogens is 118 g/mol. The van der Waals surface area contributed by atoms with Crippen molar-refractivity contribution in [1.29, 1.82) is 0 Å². The number of ether oxygens (including phenoxy) is 2.